The SMILES string of the molecule is CS(=O)(=O)SCCCN1C(=O)OC[C@H]1c1ccccc1. The molecule has 1 saturated heterocycles. The van der Waals surface area contributed by atoms with Gasteiger partial charge in [0.25, 0.3) is 0 Å². The minimum Gasteiger partial charge on any atom is -0.447 e. The first-order valence-corrected chi connectivity index (χ1v) is 9.69. The van der Waals surface area contributed by atoms with Crippen molar-refractivity contribution in [3.63, 3.8) is 0 Å². The van der Waals surface area contributed by atoms with Gasteiger partial charge in [-0.15, -0.1) is 0 Å². The fourth-order valence-electron chi connectivity index (χ4n) is 2.09. The number of carbonyl (C=O) groups excluding carboxylic acids is 1. The molecule has 0 unspecified atom stereocenters. The predicted molar refractivity (Wildman–Crippen MR) is 79.2 cm³/mol. The van der Waals surface area contributed by atoms with Crippen molar-refractivity contribution in [2.45, 2.75) is 12.5 Å². The summed E-state index contributed by atoms with van der Waals surface area (Å²) >= 11 is 0. The van der Waals surface area contributed by atoms with Gasteiger partial charge in [0, 0.05) is 18.6 Å². The van der Waals surface area contributed by atoms with Crippen molar-refractivity contribution in [1.82, 2.24) is 4.90 Å². The number of rotatable bonds is 6. The molecule has 1 aliphatic heterocycles. The fourth-order valence-corrected chi connectivity index (χ4v) is 3.91. The van der Waals surface area contributed by atoms with Gasteiger partial charge in [-0.3, -0.25) is 4.90 Å². The molecular formula is C13H17NO4S2. The second-order valence-electron chi connectivity index (χ2n) is 4.58. The van der Waals surface area contributed by atoms with E-state index in [1.807, 2.05) is 30.3 Å². The molecule has 1 amide bonds. The van der Waals surface area contributed by atoms with Crippen LogP contribution in [0.25, 0.3) is 0 Å². The third-order valence-corrected chi connectivity index (χ3v) is 5.67. The summed E-state index contributed by atoms with van der Waals surface area (Å²) < 4.78 is 27.2. The molecule has 1 aliphatic rings. The number of hydrogen-bond acceptors (Lipinski definition) is 5. The van der Waals surface area contributed by atoms with Crippen molar-refractivity contribution in [1.29, 1.82) is 0 Å². The Morgan fingerprint density at radius 3 is 2.70 bits per heavy atom. The average Bonchev–Trinajstić information content (AvgIpc) is 2.76. The minimum absolute atomic E-state index is 0.0769. The number of ether oxygens (including phenoxy) is 1. The summed E-state index contributed by atoms with van der Waals surface area (Å²) in [7, 11) is -2.11. The molecule has 0 N–H and O–H groups in total. The van der Waals surface area contributed by atoms with E-state index in [9.17, 15) is 13.2 Å². The smallest absolute Gasteiger partial charge is 0.410 e. The zero-order valence-corrected chi connectivity index (χ0v) is 12.8. The lowest BCUT2D eigenvalue weighted by molar-refractivity contribution is 0.158. The average molecular weight is 315 g/mol. The van der Waals surface area contributed by atoms with Crippen molar-refractivity contribution >= 4 is 25.8 Å². The summed E-state index contributed by atoms with van der Waals surface area (Å²) in [6, 6.07) is 9.63. The topological polar surface area (TPSA) is 63.7 Å². The zero-order valence-electron chi connectivity index (χ0n) is 11.2. The summed E-state index contributed by atoms with van der Waals surface area (Å²) in [4.78, 5) is 13.4. The van der Waals surface area contributed by atoms with Crippen molar-refractivity contribution < 1.29 is 17.9 Å². The summed E-state index contributed by atoms with van der Waals surface area (Å²) in [5, 5.41) is 0. The number of carbonyl (C=O) groups is 1. The van der Waals surface area contributed by atoms with Gasteiger partial charge in [-0.1, -0.05) is 30.3 Å². The summed E-state index contributed by atoms with van der Waals surface area (Å²) in [5.41, 5.74) is 1.04. The summed E-state index contributed by atoms with van der Waals surface area (Å²) in [6.07, 6.45) is 1.48. The first-order valence-electron chi connectivity index (χ1n) is 6.30. The van der Waals surface area contributed by atoms with Crippen LogP contribution < -0.4 is 0 Å². The molecule has 0 aromatic heterocycles. The Hall–Kier alpha value is -1.21. The quantitative estimate of drug-likeness (QED) is 0.595. The van der Waals surface area contributed by atoms with Crippen LogP contribution in [0, 0.1) is 0 Å². The van der Waals surface area contributed by atoms with E-state index >= 15 is 0 Å². The molecule has 0 radical (unpaired) electrons. The van der Waals surface area contributed by atoms with Crippen LogP contribution in [0.3, 0.4) is 0 Å². The maximum absolute atomic E-state index is 11.7. The number of benzene rings is 1. The molecule has 5 nitrogen and oxygen atoms in total. The highest BCUT2D eigenvalue weighted by molar-refractivity contribution is 8.71. The lowest BCUT2D eigenvalue weighted by Crippen LogP contribution is -2.29. The lowest BCUT2D eigenvalue weighted by Gasteiger charge is -2.21. The van der Waals surface area contributed by atoms with E-state index in [1.54, 1.807) is 4.90 Å². The predicted octanol–water partition coefficient (Wildman–Crippen LogP) is 2.26. The van der Waals surface area contributed by atoms with Crippen LogP contribution in [0.4, 0.5) is 4.79 Å². The maximum atomic E-state index is 11.7. The summed E-state index contributed by atoms with van der Waals surface area (Å²) in [5.74, 6) is 0.476. The Kier molecular flexibility index (Phi) is 4.93. The van der Waals surface area contributed by atoms with Crippen molar-refractivity contribution in [2.75, 3.05) is 25.2 Å². The Balaban J connectivity index is 1.93. The Morgan fingerprint density at radius 1 is 1.35 bits per heavy atom. The lowest BCUT2D eigenvalue weighted by atomic mass is 10.1. The molecular weight excluding hydrogens is 298 g/mol. The van der Waals surface area contributed by atoms with Gasteiger partial charge in [-0.2, -0.15) is 0 Å². The molecule has 7 heteroatoms. The monoisotopic (exact) mass is 315 g/mol. The van der Waals surface area contributed by atoms with E-state index < -0.39 is 8.87 Å². The second kappa shape index (κ2) is 6.49. The standard InChI is InChI=1S/C13H17NO4S2/c1-20(16,17)19-9-5-8-14-12(10-18-13(14)15)11-6-3-2-4-7-11/h2-4,6-7,12H,5,8-10H2,1H3/t12-/m0/s1. The molecule has 110 valence electrons. The van der Waals surface area contributed by atoms with Gasteiger partial charge in [0.05, 0.1) is 6.04 Å². The number of cyclic esters (lactones) is 1. The largest absolute Gasteiger partial charge is 0.447 e. The van der Waals surface area contributed by atoms with Gasteiger partial charge in [-0.05, 0) is 22.8 Å². The molecule has 0 spiro atoms. The zero-order chi connectivity index (χ0) is 14.6. The third kappa shape index (κ3) is 4.14. The molecule has 20 heavy (non-hydrogen) atoms. The Labute approximate surface area is 122 Å². The highest BCUT2D eigenvalue weighted by atomic mass is 33.1. The highest BCUT2D eigenvalue weighted by Crippen LogP contribution is 2.27. The molecule has 1 fully saturated rings. The van der Waals surface area contributed by atoms with Gasteiger partial charge < -0.3 is 4.74 Å². The van der Waals surface area contributed by atoms with Crippen LogP contribution in [0.1, 0.15) is 18.0 Å². The van der Waals surface area contributed by atoms with E-state index in [0.717, 1.165) is 16.4 Å². The minimum atomic E-state index is -3.02. The van der Waals surface area contributed by atoms with Crippen molar-refractivity contribution in [2.24, 2.45) is 0 Å². The van der Waals surface area contributed by atoms with Crippen LogP contribution in [-0.4, -0.2) is 44.6 Å². The third-order valence-electron chi connectivity index (χ3n) is 3.00. The second-order valence-corrected chi connectivity index (χ2v) is 9.15. The van der Waals surface area contributed by atoms with Gasteiger partial charge in [0.15, 0.2) is 8.87 Å². The van der Waals surface area contributed by atoms with Crippen LogP contribution in [0.5, 0.6) is 0 Å². The first-order chi connectivity index (χ1) is 9.47. The highest BCUT2D eigenvalue weighted by Gasteiger charge is 2.33. The molecule has 2 rings (SSSR count). The fraction of sp³-hybridized carbons (Fsp3) is 0.462. The molecule has 0 saturated carbocycles. The molecule has 0 aliphatic carbocycles. The molecule has 1 aromatic rings. The molecule has 0 bridgehead atoms. The van der Waals surface area contributed by atoms with Crippen LogP contribution in [0.2, 0.25) is 0 Å². The summed E-state index contributed by atoms with van der Waals surface area (Å²) in [6.45, 7) is 0.850. The molecule has 1 heterocycles. The van der Waals surface area contributed by atoms with Crippen molar-refractivity contribution in [3.8, 4) is 0 Å². The Bertz CT molecular complexity index is 559. The van der Waals surface area contributed by atoms with Gasteiger partial charge in [0.2, 0.25) is 0 Å². The van der Waals surface area contributed by atoms with Gasteiger partial charge >= 0.3 is 6.09 Å². The first kappa shape index (κ1) is 15.2. The number of hydrogen-bond donors (Lipinski definition) is 0. The van der Waals surface area contributed by atoms with Gasteiger partial charge in [0.1, 0.15) is 6.61 Å². The van der Waals surface area contributed by atoms with Crippen LogP contribution >= 0.6 is 10.8 Å². The molecule has 1 atom stereocenters. The van der Waals surface area contributed by atoms with Crippen molar-refractivity contribution in [3.05, 3.63) is 35.9 Å². The van der Waals surface area contributed by atoms with Gasteiger partial charge in [-0.25, -0.2) is 13.2 Å². The van der Waals surface area contributed by atoms with E-state index in [-0.39, 0.29) is 12.1 Å². The van der Waals surface area contributed by atoms with Crippen LogP contribution in [0.15, 0.2) is 30.3 Å². The van der Waals surface area contributed by atoms with Crippen LogP contribution in [-0.2, 0) is 13.6 Å². The number of amides is 1. The van der Waals surface area contributed by atoms with E-state index in [0.29, 0.717) is 25.3 Å². The normalized spacial score (nSPS) is 19.1. The molecule has 1 aromatic carbocycles. The van der Waals surface area contributed by atoms with E-state index in [2.05, 4.69) is 0 Å². The Morgan fingerprint density at radius 2 is 2.05 bits per heavy atom. The number of nitrogens with zero attached hydrogens (tertiary/aromatic N) is 1. The van der Waals surface area contributed by atoms with E-state index in [1.165, 1.54) is 6.26 Å². The maximum Gasteiger partial charge on any atom is 0.410 e. The van der Waals surface area contributed by atoms with E-state index in [4.69, 9.17) is 4.74 Å².